The standard InChI is InChI=1S/C18H21BrF2O4/c1-4-7-16(21)25-18(14(19)5-2)24-15-11-13(20)9-8-12(15)10-17(22)23-6-3/h5,7-9,11,14,18H,2,4,6,10H2,1,3H3/b16-7-. The van der Waals surface area contributed by atoms with E-state index in [2.05, 4.69) is 22.5 Å². The molecule has 0 N–H and O–H groups in total. The summed E-state index contributed by atoms with van der Waals surface area (Å²) in [4.78, 5) is 11.1. The fourth-order valence-electron chi connectivity index (χ4n) is 1.86. The topological polar surface area (TPSA) is 44.8 Å². The molecule has 0 aliphatic carbocycles. The molecule has 0 aliphatic rings. The maximum atomic E-state index is 13.7. The lowest BCUT2D eigenvalue weighted by atomic mass is 10.1. The van der Waals surface area contributed by atoms with Crippen LogP contribution in [0.3, 0.4) is 0 Å². The maximum Gasteiger partial charge on any atom is 0.310 e. The van der Waals surface area contributed by atoms with Crippen LogP contribution in [0.25, 0.3) is 0 Å². The third-order valence-electron chi connectivity index (χ3n) is 2.99. The van der Waals surface area contributed by atoms with Crippen LogP contribution < -0.4 is 4.74 Å². The molecule has 0 aromatic heterocycles. The maximum absolute atomic E-state index is 13.7. The molecule has 0 spiro atoms. The molecule has 0 amide bonds. The third-order valence-corrected chi connectivity index (χ3v) is 3.80. The van der Waals surface area contributed by atoms with Crippen molar-refractivity contribution >= 4 is 21.9 Å². The highest BCUT2D eigenvalue weighted by Crippen LogP contribution is 2.26. The highest BCUT2D eigenvalue weighted by Gasteiger charge is 2.23. The third kappa shape index (κ3) is 7.25. The molecule has 2 atom stereocenters. The molecule has 0 saturated heterocycles. The molecule has 0 radical (unpaired) electrons. The monoisotopic (exact) mass is 418 g/mol. The van der Waals surface area contributed by atoms with E-state index < -0.39 is 28.9 Å². The van der Waals surface area contributed by atoms with Crippen molar-refractivity contribution in [3.63, 3.8) is 0 Å². The molecule has 2 unspecified atom stereocenters. The average molecular weight is 419 g/mol. The first-order chi connectivity index (χ1) is 11.9. The van der Waals surface area contributed by atoms with Crippen LogP contribution in [-0.2, 0) is 20.7 Å². The number of ether oxygens (including phenoxy) is 3. The largest absolute Gasteiger partial charge is 0.466 e. The van der Waals surface area contributed by atoms with Gasteiger partial charge in [0.05, 0.1) is 13.0 Å². The molecule has 0 bridgehead atoms. The van der Waals surface area contributed by atoms with Crippen molar-refractivity contribution in [1.29, 1.82) is 0 Å². The number of hydrogen-bond acceptors (Lipinski definition) is 4. The van der Waals surface area contributed by atoms with Gasteiger partial charge in [0.15, 0.2) is 0 Å². The summed E-state index contributed by atoms with van der Waals surface area (Å²) in [6, 6.07) is 2.90. The summed E-state index contributed by atoms with van der Waals surface area (Å²) in [7, 11) is 0. The quantitative estimate of drug-likeness (QED) is 0.179. The molecule has 25 heavy (non-hydrogen) atoms. The molecule has 0 heterocycles. The van der Waals surface area contributed by atoms with Gasteiger partial charge in [-0.1, -0.05) is 35.0 Å². The predicted molar refractivity (Wildman–Crippen MR) is 94.6 cm³/mol. The molecule has 1 aromatic rings. The van der Waals surface area contributed by atoms with Crippen molar-refractivity contribution in [2.75, 3.05) is 6.61 Å². The second kappa shape index (κ2) is 10.9. The number of esters is 1. The first kappa shape index (κ1) is 21.2. The summed E-state index contributed by atoms with van der Waals surface area (Å²) in [5.41, 5.74) is 0.400. The van der Waals surface area contributed by atoms with Gasteiger partial charge >= 0.3 is 5.97 Å². The van der Waals surface area contributed by atoms with E-state index in [0.717, 1.165) is 6.07 Å². The molecule has 0 saturated carbocycles. The Balaban J connectivity index is 3.05. The Morgan fingerprint density at radius 2 is 2.12 bits per heavy atom. The van der Waals surface area contributed by atoms with E-state index in [1.807, 2.05) is 0 Å². The molecular weight excluding hydrogens is 398 g/mol. The van der Waals surface area contributed by atoms with Crippen LogP contribution in [0, 0.1) is 5.82 Å². The number of hydrogen-bond donors (Lipinski definition) is 0. The summed E-state index contributed by atoms with van der Waals surface area (Å²) < 4.78 is 42.9. The molecule has 7 heteroatoms. The van der Waals surface area contributed by atoms with E-state index >= 15 is 0 Å². The normalized spacial score (nSPS) is 13.7. The summed E-state index contributed by atoms with van der Waals surface area (Å²) in [5.74, 6) is -0.975. The van der Waals surface area contributed by atoms with Gasteiger partial charge in [0, 0.05) is 11.6 Å². The molecule has 4 nitrogen and oxygen atoms in total. The van der Waals surface area contributed by atoms with E-state index in [1.165, 1.54) is 24.3 Å². The molecule has 1 aromatic carbocycles. The molecule has 1 rings (SSSR count). The number of carbonyl (C=O) groups excluding carboxylic acids is 1. The van der Waals surface area contributed by atoms with Gasteiger partial charge < -0.3 is 14.2 Å². The fourth-order valence-corrected chi connectivity index (χ4v) is 2.08. The van der Waals surface area contributed by atoms with E-state index in [0.29, 0.717) is 12.0 Å². The zero-order valence-corrected chi connectivity index (χ0v) is 15.7. The summed E-state index contributed by atoms with van der Waals surface area (Å²) in [5, 5.41) is 0. The number of rotatable bonds is 10. The van der Waals surface area contributed by atoms with Gasteiger partial charge in [-0.3, -0.25) is 4.79 Å². The van der Waals surface area contributed by atoms with Crippen LogP contribution in [0.1, 0.15) is 25.8 Å². The Kier molecular flexibility index (Phi) is 9.20. The van der Waals surface area contributed by atoms with E-state index in [9.17, 15) is 13.6 Å². The van der Waals surface area contributed by atoms with Gasteiger partial charge in [-0.2, -0.15) is 4.39 Å². The fraction of sp³-hybridized carbons (Fsp3) is 0.389. The molecule has 0 fully saturated rings. The first-order valence-corrected chi connectivity index (χ1v) is 8.72. The van der Waals surface area contributed by atoms with Crippen LogP contribution in [0.15, 0.2) is 42.9 Å². The van der Waals surface area contributed by atoms with Crippen LogP contribution in [-0.4, -0.2) is 23.7 Å². The van der Waals surface area contributed by atoms with Crippen LogP contribution in [0.5, 0.6) is 5.75 Å². The van der Waals surface area contributed by atoms with E-state index in [4.69, 9.17) is 14.2 Å². The Hall–Kier alpha value is -1.89. The van der Waals surface area contributed by atoms with Crippen LogP contribution in [0.2, 0.25) is 0 Å². The lowest BCUT2D eigenvalue weighted by Gasteiger charge is -2.23. The molecular formula is C18H21BrF2O4. The minimum atomic E-state index is -1.14. The van der Waals surface area contributed by atoms with Gasteiger partial charge in [0.25, 0.3) is 12.3 Å². The van der Waals surface area contributed by atoms with Crippen LogP contribution in [0.4, 0.5) is 8.78 Å². The van der Waals surface area contributed by atoms with Crippen molar-refractivity contribution in [3.8, 4) is 5.75 Å². The summed E-state index contributed by atoms with van der Waals surface area (Å²) >= 11 is 3.25. The molecule has 0 aliphatic heterocycles. The second-order valence-electron chi connectivity index (χ2n) is 4.93. The highest BCUT2D eigenvalue weighted by molar-refractivity contribution is 9.09. The van der Waals surface area contributed by atoms with E-state index in [1.54, 1.807) is 13.8 Å². The first-order valence-electron chi connectivity index (χ1n) is 7.80. The lowest BCUT2D eigenvalue weighted by molar-refractivity contribution is -0.142. The zero-order chi connectivity index (χ0) is 18.8. The van der Waals surface area contributed by atoms with Crippen LogP contribution >= 0.6 is 15.9 Å². The minimum absolute atomic E-state index is 0.0636. The molecule has 138 valence electrons. The van der Waals surface area contributed by atoms with Crippen molar-refractivity contribution in [2.24, 2.45) is 0 Å². The van der Waals surface area contributed by atoms with Gasteiger partial charge in [-0.15, -0.1) is 6.58 Å². The highest BCUT2D eigenvalue weighted by atomic mass is 79.9. The van der Waals surface area contributed by atoms with E-state index in [-0.39, 0.29) is 18.8 Å². The lowest BCUT2D eigenvalue weighted by Crippen LogP contribution is -2.29. The number of alkyl halides is 1. The Morgan fingerprint density at radius 3 is 2.72 bits per heavy atom. The van der Waals surface area contributed by atoms with Gasteiger partial charge in [-0.05, 0) is 25.5 Å². The Bertz CT molecular complexity index is 619. The SMILES string of the molecule is C=CC(Br)C(O/C(F)=C\CC)Oc1cc(F)ccc1CC(=O)OCC. The Labute approximate surface area is 154 Å². The number of benzene rings is 1. The second-order valence-corrected chi connectivity index (χ2v) is 5.99. The number of halogens is 3. The minimum Gasteiger partial charge on any atom is -0.466 e. The van der Waals surface area contributed by atoms with Crippen molar-refractivity contribution in [1.82, 2.24) is 0 Å². The van der Waals surface area contributed by atoms with Gasteiger partial charge in [-0.25, -0.2) is 4.39 Å². The van der Waals surface area contributed by atoms with Crippen molar-refractivity contribution < 1.29 is 27.8 Å². The predicted octanol–water partition coefficient (Wildman–Crippen LogP) is 4.82. The average Bonchev–Trinajstić information content (AvgIpc) is 2.56. The summed E-state index contributed by atoms with van der Waals surface area (Å²) in [6.07, 6.45) is 1.89. The van der Waals surface area contributed by atoms with Crippen molar-refractivity contribution in [2.45, 2.75) is 37.8 Å². The number of carbonyl (C=O) groups is 1. The number of allylic oxidation sites excluding steroid dienone is 1. The van der Waals surface area contributed by atoms with Crippen molar-refractivity contribution in [3.05, 3.63) is 54.3 Å². The smallest absolute Gasteiger partial charge is 0.310 e. The summed E-state index contributed by atoms with van der Waals surface area (Å²) in [6.45, 7) is 7.26. The van der Waals surface area contributed by atoms with Gasteiger partial charge in [0.2, 0.25) is 0 Å². The Morgan fingerprint density at radius 1 is 1.40 bits per heavy atom. The zero-order valence-electron chi connectivity index (χ0n) is 14.1. The van der Waals surface area contributed by atoms with Gasteiger partial charge in [0.1, 0.15) is 16.4 Å².